The van der Waals surface area contributed by atoms with Gasteiger partial charge in [0.25, 0.3) is 0 Å². The summed E-state index contributed by atoms with van der Waals surface area (Å²) >= 11 is 5.94. The molecule has 1 aromatic heterocycles. The van der Waals surface area contributed by atoms with E-state index in [2.05, 4.69) is 15.1 Å². The second-order valence-electron chi connectivity index (χ2n) is 8.29. The van der Waals surface area contributed by atoms with Gasteiger partial charge in [-0.25, -0.2) is 4.79 Å². The normalized spacial score (nSPS) is 27.8. The first-order valence-electron chi connectivity index (χ1n) is 9.26. The zero-order valence-electron chi connectivity index (χ0n) is 15.4. The standard InChI is InChI=1S/C18H25ClN4O3/c1-18(2,3)26-17(24)23-11-4-5-12(23)9-13(8-11)22-6-7-25-14-10-15(19)20-21-16(14)22/h10-13H,4-9H2,1-3H3/t11-,12+,13?. The Morgan fingerprint density at radius 2 is 1.92 bits per heavy atom. The van der Waals surface area contributed by atoms with E-state index < -0.39 is 5.60 Å². The molecule has 1 amide bonds. The number of piperidine rings is 1. The van der Waals surface area contributed by atoms with Crippen molar-refractivity contribution in [2.24, 2.45) is 0 Å². The molecule has 0 aliphatic carbocycles. The summed E-state index contributed by atoms with van der Waals surface area (Å²) in [7, 11) is 0. The fourth-order valence-corrected chi connectivity index (χ4v) is 4.52. The maximum Gasteiger partial charge on any atom is 0.410 e. The molecular weight excluding hydrogens is 356 g/mol. The van der Waals surface area contributed by atoms with Crippen molar-refractivity contribution < 1.29 is 14.3 Å². The van der Waals surface area contributed by atoms with Gasteiger partial charge in [0.15, 0.2) is 16.7 Å². The number of hydrogen-bond acceptors (Lipinski definition) is 6. The first-order chi connectivity index (χ1) is 12.3. The average molecular weight is 381 g/mol. The van der Waals surface area contributed by atoms with E-state index in [-0.39, 0.29) is 18.2 Å². The SMILES string of the molecule is CC(C)(C)OC(=O)N1[C@@H]2CC[C@H]1CC(N1CCOc3cc(Cl)nnc31)C2. The van der Waals surface area contributed by atoms with Gasteiger partial charge in [0.2, 0.25) is 0 Å². The minimum absolute atomic E-state index is 0.183. The van der Waals surface area contributed by atoms with E-state index in [1.54, 1.807) is 6.07 Å². The van der Waals surface area contributed by atoms with Gasteiger partial charge in [0.1, 0.15) is 12.2 Å². The van der Waals surface area contributed by atoms with Crippen molar-refractivity contribution in [1.29, 1.82) is 0 Å². The number of rotatable bonds is 1. The molecule has 8 heteroatoms. The summed E-state index contributed by atoms with van der Waals surface area (Å²) in [4.78, 5) is 16.9. The molecule has 3 aliphatic heterocycles. The first-order valence-corrected chi connectivity index (χ1v) is 9.63. The van der Waals surface area contributed by atoms with Gasteiger partial charge in [0, 0.05) is 24.2 Å². The quantitative estimate of drug-likeness (QED) is 0.744. The van der Waals surface area contributed by atoms with Crippen molar-refractivity contribution in [2.75, 3.05) is 18.1 Å². The van der Waals surface area contributed by atoms with Crippen LogP contribution in [0.4, 0.5) is 10.6 Å². The average Bonchev–Trinajstić information content (AvgIpc) is 2.83. The number of fused-ring (bicyclic) bond motifs is 3. The topological polar surface area (TPSA) is 67.8 Å². The Hall–Kier alpha value is -1.76. The highest BCUT2D eigenvalue weighted by molar-refractivity contribution is 6.29. The van der Waals surface area contributed by atoms with E-state index in [1.165, 1.54) is 0 Å². The lowest BCUT2D eigenvalue weighted by molar-refractivity contribution is 0.00560. The fraction of sp³-hybridized carbons (Fsp3) is 0.722. The molecule has 142 valence electrons. The zero-order valence-corrected chi connectivity index (χ0v) is 16.2. The molecule has 1 unspecified atom stereocenters. The number of amides is 1. The Kier molecular flexibility index (Phi) is 4.37. The molecule has 0 radical (unpaired) electrons. The van der Waals surface area contributed by atoms with Crippen molar-refractivity contribution >= 4 is 23.5 Å². The molecule has 0 N–H and O–H groups in total. The van der Waals surface area contributed by atoms with Crippen LogP contribution in [0.5, 0.6) is 5.75 Å². The summed E-state index contributed by atoms with van der Waals surface area (Å²) < 4.78 is 11.3. The van der Waals surface area contributed by atoms with Crippen LogP contribution >= 0.6 is 11.6 Å². The maximum atomic E-state index is 12.6. The highest BCUT2D eigenvalue weighted by Crippen LogP contribution is 2.41. The van der Waals surface area contributed by atoms with Crippen LogP contribution < -0.4 is 9.64 Å². The third-order valence-electron chi connectivity index (χ3n) is 5.33. The van der Waals surface area contributed by atoms with E-state index >= 15 is 0 Å². The zero-order chi connectivity index (χ0) is 18.5. The molecule has 2 saturated heterocycles. The second kappa shape index (κ2) is 6.44. The Bertz CT molecular complexity index is 694. The number of anilines is 1. The first kappa shape index (κ1) is 17.6. The van der Waals surface area contributed by atoms with E-state index in [9.17, 15) is 4.79 Å². The summed E-state index contributed by atoms with van der Waals surface area (Å²) in [5, 5.41) is 8.58. The molecule has 0 aromatic carbocycles. The van der Waals surface area contributed by atoms with Gasteiger partial charge in [-0.15, -0.1) is 10.2 Å². The molecule has 3 atom stereocenters. The minimum Gasteiger partial charge on any atom is -0.488 e. The molecule has 7 nitrogen and oxygen atoms in total. The van der Waals surface area contributed by atoms with Crippen molar-refractivity contribution in [1.82, 2.24) is 15.1 Å². The summed E-state index contributed by atoms with van der Waals surface area (Å²) in [6, 6.07) is 2.49. The van der Waals surface area contributed by atoms with Crippen LogP contribution in [0.1, 0.15) is 46.5 Å². The smallest absolute Gasteiger partial charge is 0.410 e. The van der Waals surface area contributed by atoms with Gasteiger partial charge in [-0.2, -0.15) is 0 Å². The second-order valence-corrected chi connectivity index (χ2v) is 8.68. The molecular formula is C18H25ClN4O3. The van der Waals surface area contributed by atoms with Crippen molar-refractivity contribution in [3.05, 3.63) is 11.2 Å². The molecule has 4 rings (SSSR count). The lowest BCUT2D eigenvalue weighted by Crippen LogP contribution is -2.55. The third kappa shape index (κ3) is 3.29. The third-order valence-corrected chi connectivity index (χ3v) is 5.51. The van der Waals surface area contributed by atoms with Gasteiger partial charge < -0.3 is 19.3 Å². The van der Waals surface area contributed by atoms with Crippen LogP contribution in [0.25, 0.3) is 0 Å². The number of ether oxygens (including phenoxy) is 2. The predicted molar refractivity (Wildman–Crippen MR) is 97.8 cm³/mol. The molecule has 0 spiro atoms. The van der Waals surface area contributed by atoms with Crippen molar-refractivity contribution in [2.45, 2.75) is 70.2 Å². The van der Waals surface area contributed by atoms with Crippen LogP contribution in [0, 0.1) is 0 Å². The summed E-state index contributed by atoms with van der Waals surface area (Å²) in [5.74, 6) is 1.45. The highest BCUT2D eigenvalue weighted by atomic mass is 35.5. The molecule has 4 heterocycles. The molecule has 26 heavy (non-hydrogen) atoms. The number of nitrogens with zero attached hydrogens (tertiary/aromatic N) is 4. The number of carbonyl (C=O) groups excluding carboxylic acids is 1. The van der Waals surface area contributed by atoms with Crippen LogP contribution in [0.3, 0.4) is 0 Å². The Morgan fingerprint density at radius 3 is 2.58 bits per heavy atom. The van der Waals surface area contributed by atoms with Gasteiger partial charge >= 0.3 is 6.09 Å². The molecule has 0 saturated carbocycles. The molecule has 1 aromatic rings. The van der Waals surface area contributed by atoms with E-state index in [0.29, 0.717) is 23.6 Å². The highest BCUT2D eigenvalue weighted by Gasteiger charge is 2.47. The summed E-state index contributed by atoms with van der Waals surface area (Å²) in [6.45, 7) is 7.12. The van der Waals surface area contributed by atoms with Gasteiger partial charge in [0.05, 0.1) is 6.54 Å². The lowest BCUT2D eigenvalue weighted by atomic mass is 9.96. The van der Waals surface area contributed by atoms with E-state index in [1.807, 2.05) is 25.7 Å². The Labute approximate surface area is 158 Å². The van der Waals surface area contributed by atoms with Crippen LogP contribution in [-0.4, -0.2) is 58.1 Å². The summed E-state index contributed by atoms with van der Waals surface area (Å²) in [6.07, 6.45) is 3.71. The Balaban J connectivity index is 1.51. The predicted octanol–water partition coefficient (Wildman–Crippen LogP) is 3.26. The molecule has 2 bridgehead atoms. The van der Waals surface area contributed by atoms with E-state index in [4.69, 9.17) is 21.1 Å². The van der Waals surface area contributed by atoms with Crippen LogP contribution in [0.15, 0.2) is 6.07 Å². The minimum atomic E-state index is -0.467. The van der Waals surface area contributed by atoms with Gasteiger partial charge in [-0.3, -0.25) is 0 Å². The number of hydrogen-bond donors (Lipinski definition) is 0. The van der Waals surface area contributed by atoms with Crippen molar-refractivity contribution in [3.8, 4) is 5.75 Å². The summed E-state index contributed by atoms with van der Waals surface area (Å²) in [5.41, 5.74) is -0.467. The van der Waals surface area contributed by atoms with Crippen LogP contribution in [0.2, 0.25) is 5.15 Å². The number of halogens is 1. The molecule has 3 aliphatic rings. The van der Waals surface area contributed by atoms with Crippen molar-refractivity contribution in [3.63, 3.8) is 0 Å². The number of carbonyl (C=O) groups is 1. The lowest BCUT2D eigenvalue weighted by Gasteiger charge is -2.44. The molecule has 2 fully saturated rings. The van der Waals surface area contributed by atoms with Crippen LogP contribution in [-0.2, 0) is 4.74 Å². The fourth-order valence-electron chi connectivity index (χ4n) is 4.38. The number of aromatic nitrogens is 2. The maximum absolute atomic E-state index is 12.6. The largest absolute Gasteiger partial charge is 0.488 e. The monoisotopic (exact) mass is 380 g/mol. The van der Waals surface area contributed by atoms with E-state index in [0.717, 1.165) is 38.0 Å². The Morgan fingerprint density at radius 1 is 1.23 bits per heavy atom. The van der Waals surface area contributed by atoms with Gasteiger partial charge in [-0.05, 0) is 46.5 Å². The van der Waals surface area contributed by atoms with Gasteiger partial charge in [-0.1, -0.05) is 11.6 Å².